The molecule has 0 aliphatic heterocycles. The second kappa shape index (κ2) is 6.12. The van der Waals surface area contributed by atoms with Gasteiger partial charge >= 0.3 is 0 Å². The molecule has 2 rings (SSSR count). The average Bonchev–Trinajstić information content (AvgIpc) is 2.77. The second-order valence-electron chi connectivity index (χ2n) is 3.86. The van der Waals surface area contributed by atoms with Crippen molar-refractivity contribution in [3.05, 3.63) is 39.3 Å². The van der Waals surface area contributed by atoms with Gasteiger partial charge in [-0.2, -0.15) is 0 Å². The minimum absolute atomic E-state index is 0.198. The van der Waals surface area contributed by atoms with Crippen molar-refractivity contribution in [2.24, 2.45) is 0 Å². The molecule has 1 aromatic heterocycles. The van der Waals surface area contributed by atoms with Crippen LogP contribution in [0.1, 0.15) is 11.8 Å². The quantitative estimate of drug-likeness (QED) is 0.816. The summed E-state index contributed by atoms with van der Waals surface area (Å²) in [5, 5.41) is 3.15. The number of thiophene rings is 1. The van der Waals surface area contributed by atoms with Crippen molar-refractivity contribution in [3.8, 4) is 5.75 Å². The van der Waals surface area contributed by atoms with Gasteiger partial charge < -0.3 is 15.8 Å². The Morgan fingerprint density at radius 3 is 2.84 bits per heavy atom. The van der Waals surface area contributed by atoms with Crippen LogP contribution in [0.15, 0.2) is 24.3 Å². The van der Waals surface area contributed by atoms with Crippen LogP contribution in [-0.4, -0.2) is 6.61 Å². The average molecular weight is 301 g/mol. The predicted molar refractivity (Wildman–Crippen MR) is 78.6 cm³/mol. The highest BCUT2D eigenvalue weighted by atomic mass is 35.5. The van der Waals surface area contributed by atoms with Crippen molar-refractivity contribution in [1.82, 2.24) is 0 Å². The zero-order valence-corrected chi connectivity index (χ0v) is 11.9. The lowest BCUT2D eigenvalue weighted by atomic mass is 10.2. The molecule has 0 spiro atoms. The summed E-state index contributed by atoms with van der Waals surface area (Å²) < 4.78 is 19.5. The summed E-state index contributed by atoms with van der Waals surface area (Å²) in [4.78, 5) is 1.08. The van der Waals surface area contributed by atoms with Crippen LogP contribution >= 0.6 is 22.9 Å². The number of ether oxygens (including phenoxy) is 1. The van der Waals surface area contributed by atoms with Crippen molar-refractivity contribution in [2.75, 3.05) is 17.7 Å². The lowest BCUT2D eigenvalue weighted by Gasteiger charge is -2.12. The first-order valence-electron chi connectivity index (χ1n) is 5.80. The standard InChI is InChI=1S/C13H14ClFN2OS/c1-2-18-12-6-11(10(16)5-9(12)15)17-7-8-3-4-13(14)19-8/h3-6,17H,2,7,16H2,1H3. The van der Waals surface area contributed by atoms with Crippen molar-refractivity contribution >= 4 is 34.3 Å². The predicted octanol–water partition coefficient (Wildman–Crippen LogP) is 4.13. The number of nitrogen functional groups attached to an aromatic ring is 1. The number of hydrogen-bond acceptors (Lipinski definition) is 4. The normalized spacial score (nSPS) is 10.5. The van der Waals surface area contributed by atoms with Gasteiger partial charge in [0.1, 0.15) is 0 Å². The fourth-order valence-corrected chi connectivity index (χ4v) is 2.64. The molecule has 0 amide bonds. The molecule has 0 atom stereocenters. The summed E-state index contributed by atoms with van der Waals surface area (Å²) in [6.07, 6.45) is 0. The van der Waals surface area contributed by atoms with Crippen molar-refractivity contribution in [1.29, 1.82) is 0 Å². The lowest BCUT2D eigenvalue weighted by Crippen LogP contribution is -2.04. The zero-order valence-electron chi connectivity index (χ0n) is 10.4. The number of halogens is 2. The van der Waals surface area contributed by atoms with E-state index in [2.05, 4.69) is 5.32 Å². The molecule has 0 fully saturated rings. The molecule has 0 aliphatic carbocycles. The van der Waals surface area contributed by atoms with Crippen LogP contribution in [0.4, 0.5) is 15.8 Å². The van der Waals surface area contributed by atoms with Crippen LogP contribution in [0.25, 0.3) is 0 Å². The van der Waals surface area contributed by atoms with Gasteiger partial charge in [0.2, 0.25) is 0 Å². The van der Waals surface area contributed by atoms with Gasteiger partial charge in [0.15, 0.2) is 11.6 Å². The molecule has 3 N–H and O–H groups in total. The summed E-state index contributed by atoms with van der Waals surface area (Å²) in [5.41, 5.74) is 6.77. The first-order valence-corrected chi connectivity index (χ1v) is 6.99. The Morgan fingerprint density at radius 2 is 2.21 bits per heavy atom. The van der Waals surface area contributed by atoms with E-state index in [9.17, 15) is 4.39 Å². The maximum Gasteiger partial charge on any atom is 0.167 e. The van der Waals surface area contributed by atoms with Gasteiger partial charge in [0.05, 0.1) is 22.3 Å². The maximum absolute atomic E-state index is 13.5. The molecule has 0 bridgehead atoms. The van der Waals surface area contributed by atoms with Gasteiger partial charge in [0.25, 0.3) is 0 Å². The summed E-state index contributed by atoms with van der Waals surface area (Å²) in [6, 6.07) is 6.60. The molecule has 0 unspecified atom stereocenters. The molecular weight excluding hydrogens is 287 g/mol. The van der Waals surface area contributed by atoms with E-state index in [4.69, 9.17) is 22.1 Å². The number of benzene rings is 1. The fourth-order valence-electron chi connectivity index (χ4n) is 1.62. The monoisotopic (exact) mass is 300 g/mol. The number of hydrogen-bond donors (Lipinski definition) is 2. The summed E-state index contributed by atoms with van der Waals surface area (Å²) >= 11 is 7.34. The third-order valence-electron chi connectivity index (χ3n) is 2.49. The second-order valence-corrected chi connectivity index (χ2v) is 5.66. The van der Waals surface area contributed by atoms with Crippen molar-refractivity contribution in [3.63, 3.8) is 0 Å². The highest BCUT2D eigenvalue weighted by Gasteiger charge is 2.09. The van der Waals surface area contributed by atoms with E-state index < -0.39 is 5.82 Å². The van der Waals surface area contributed by atoms with Gasteiger partial charge in [-0.1, -0.05) is 11.6 Å². The highest BCUT2D eigenvalue weighted by Crippen LogP contribution is 2.29. The van der Waals surface area contributed by atoms with Gasteiger partial charge in [-0.05, 0) is 19.1 Å². The molecule has 0 saturated heterocycles. The van der Waals surface area contributed by atoms with Crippen LogP contribution in [-0.2, 0) is 6.54 Å². The molecule has 19 heavy (non-hydrogen) atoms. The number of rotatable bonds is 5. The van der Waals surface area contributed by atoms with Gasteiger partial charge in [-0.15, -0.1) is 11.3 Å². The van der Waals surface area contributed by atoms with Gasteiger partial charge in [-0.3, -0.25) is 0 Å². The van der Waals surface area contributed by atoms with Gasteiger partial charge in [-0.25, -0.2) is 4.39 Å². The third-order valence-corrected chi connectivity index (χ3v) is 3.72. The molecule has 0 radical (unpaired) electrons. The SMILES string of the molecule is CCOc1cc(NCc2ccc(Cl)s2)c(N)cc1F. The Morgan fingerprint density at radius 1 is 1.42 bits per heavy atom. The molecule has 1 heterocycles. The third kappa shape index (κ3) is 3.52. The number of anilines is 2. The van der Waals surface area contributed by atoms with E-state index in [1.54, 1.807) is 13.0 Å². The molecular formula is C13H14ClFN2OS. The Labute approximate surface area is 120 Å². The first kappa shape index (κ1) is 14.0. The molecule has 6 heteroatoms. The fraction of sp³-hybridized carbons (Fsp3) is 0.231. The summed E-state index contributed by atoms with van der Waals surface area (Å²) in [7, 11) is 0. The molecule has 2 aromatic rings. The topological polar surface area (TPSA) is 47.3 Å². The van der Waals surface area contributed by atoms with Crippen LogP contribution in [0.3, 0.4) is 0 Å². The summed E-state index contributed by atoms with van der Waals surface area (Å²) in [5.74, 6) is -0.257. The molecule has 0 saturated carbocycles. The van der Waals surface area contributed by atoms with E-state index in [-0.39, 0.29) is 5.75 Å². The van der Waals surface area contributed by atoms with Crippen molar-refractivity contribution in [2.45, 2.75) is 13.5 Å². The van der Waals surface area contributed by atoms with Crippen LogP contribution in [0, 0.1) is 5.82 Å². The number of nitrogens with one attached hydrogen (secondary N) is 1. The Balaban J connectivity index is 2.13. The Bertz CT molecular complexity index is 574. The molecule has 0 aliphatic rings. The van der Waals surface area contributed by atoms with E-state index in [1.807, 2.05) is 12.1 Å². The highest BCUT2D eigenvalue weighted by molar-refractivity contribution is 7.16. The molecule has 102 valence electrons. The van der Waals surface area contributed by atoms with Crippen LogP contribution in [0.2, 0.25) is 4.34 Å². The minimum Gasteiger partial charge on any atom is -0.491 e. The zero-order chi connectivity index (χ0) is 13.8. The van der Waals surface area contributed by atoms with E-state index in [0.717, 1.165) is 9.21 Å². The minimum atomic E-state index is -0.455. The smallest absolute Gasteiger partial charge is 0.167 e. The Hall–Kier alpha value is -1.46. The molecule has 3 nitrogen and oxygen atoms in total. The van der Waals surface area contributed by atoms with Gasteiger partial charge in [0, 0.05) is 23.6 Å². The first-order chi connectivity index (χ1) is 9.10. The van der Waals surface area contributed by atoms with Crippen LogP contribution in [0.5, 0.6) is 5.75 Å². The molecule has 1 aromatic carbocycles. The number of nitrogens with two attached hydrogens (primary N) is 1. The summed E-state index contributed by atoms with van der Waals surface area (Å²) in [6.45, 7) is 2.79. The van der Waals surface area contributed by atoms with E-state index >= 15 is 0 Å². The van der Waals surface area contributed by atoms with Crippen LogP contribution < -0.4 is 15.8 Å². The lowest BCUT2D eigenvalue weighted by molar-refractivity contribution is 0.322. The van der Waals surface area contributed by atoms with Crippen molar-refractivity contribution < 1.29 is 9.13 Å². The largest absolute Gasteiger partial charge is 0.491 e. The Kier molecular flexibility index (Phi) is 4.50. The van der Waals surface area contributed by atoms with E-state index in [0.29, 0.717) is 24.5 Å². The van der Waals surface area contributed by atoms with E-state index in [1.165, 1.54) is 17.4 Å². The maximum atomic E-state index is 13.5.